The number of amides is 1. The van der Waals surface area contributed by atoms with Crippen LogP contribution in [0, 0.1) is 13.8 Å². The third-order valence-corrected chi connectivity index (χ3v) is 3.78. The van der Waals surface area contributed by atoms with Crippen LogP contribution in [0.2, 0.25) is 0 Å². The first-order valence-corrected chi connectivity index (χ1v) is 8.16. The van der Waals surface area contributed by atoms with Crippen LogP contribution >= 0.6 is 11.8 Å². The van der Waals surface area contributed by atoms with Crippen molar-refractivity contribution in [1.29, 1.82) is 0 Å². The second-order valence-electron chi connectivity index (χ2n) is 5.02. The van der Waals surface area contributed by atoms with Crippen LogP contribution in [0.4, 0.5) is 8.78 Å². The van der Waals surface area contributed by atoms with E-state index in [0.717, 1.165) is 17.0 Å². The molecule has 1 heterocycles. The topological polar surface area (TPSA) is 64.1 Å². The van der Waals surface area contributed by atoms with Crippen LogP contribution in [0.1, 0.15) is 17.0 Å². The van der Waals surface area contributed by atoms with Crippen molar-refractivity contribution in [2.24, 2.45) is 0 Å². The minimum absolute atomic E-state index is 0.0857. The molecule has 0 spiro atoms. The number of hydrogen-bond donors (Lipinski definition) is 1. The van der Waals surface area contributed by atoms with Gasteiger partial charge in [-0.15, -0.1) is 0 Å². The summed E-state index contributed by atoms with van der Waals surface area (Å²) in [5.74, 6) is 0.133. The summed E-state index contributed by atoms with van der Waals surface area (Å²) in [5.41, 5.74) is 2.51. The predicted molar refractivity (Wildman–Crippen MR) is 87.2 cm³/mol. The molecule has 5 nitrogen and oxygen atoms in total. The average Bonchev–Trinajstić information content (AvgIpc) is 2.51. The minimum Gasteiger partial charge on any atom is -0.435 e. The summed E-state index contributed by atoms with van der Waals surface area (Å²) in [7, 11) is 0. The summed E-state index contributed by atoms with van der Waals surface area (Å²) >= 11 is 1.26. The molecule has 0 bridgehead atoms. The Hall–Kier alpha value is -2.22. The third kappa shape index (κ3) is 6.11. The van der Waals surface area contributed by atoms with Crippen LogP contribution < -0.4 is 10.1 Å². The van der Waals surface area contributed by atoms with Crippen LogP contribution in [0.25, 0.3) is 0 Å². The van der Waals surface area contributed by atoms with Gasteiger partial charge in [-0.1, -0.05) is 23.9 Å². The molecule has 1 N–H and O–H groups in total. The van der Waals surface area contributed by atoms with E-state index in [1.807, 2.05) is 19.9 Å². The number of aryl methyl sites for hydroxylation is 2. The number of carbonyl (C=O) groups is 1. The highest BCUT2D eigenvalue weighted by Crippen LogP contribution is 2.15. The Morgan fingerprint density at radius 2 is 1.83 bits per heavy atom. The lowest BCUT2D eigenvalue weighted by Crippen LogP contribution is -2.24. The molecule has 0 aliphatic heterocycles. The second-order valence-corrected chi connectivity index (χ2v) is 5.96. The maximum absolute atomic E-state index is 12.1. The molecule has 0 fully saturated rings. The van der Waals surface area contributed by atoms with E-state index in [9.17, 15) is 13.6 Å². The van der Waals surface area contributed by atoms with Crippen molar-refractivity contribution in [3.05, 3.63) is 47.3 Å². The van der Waals surface area contributed by atoms with E-state index in [1.54, 1.807) is 12.1 Å². The summed E-state index contributed by atoms with van der Waals surface area (Å²) in [4.78, 5) is 20.4. The Kier molecular flexibility index (Phi) is 6.48. The van der Waals surface area contributed by atoms with Crippen LogP contribution in [0.15, 0.2) is 35.5 Å². The second kappa shape index (κ2) is 8.58. The zero-order chi connectivity index (χ0) is 17.5. The van der Waals surface area contributed by atoms with Gasteiger partial charge in [-0.2, -0.15) is 8.78 Å². The Balaban J connectivity index is 1.78. The van der Waals surface area contributed by atoms with Crippen molar-refractivity contribution in [1.82, 2.24) is 15.3 Å². The van der Waals surface area contributed by atoms with E-state index in [2.05, 4.69) is 20.0 Å². The third-order valence-electron chi connectivity index (χ3n) is 2.93. The Morgan fingerprint density at radius 3 is 2.42 bits per heavy atom. The molecule has 1 aromatic heterocycles. The van der Waals surface area contributed by atoms with Gasteiger partial charge in [-0.05, 0) is 37.6 Å². The minimum atomic E-state index is -2.85. The number of ether oxygens (including phenoxy) is 1. The largest absolute Gasteiger partial charge is 0.435 e. The van der Waals surface area contributed by atoms with E-state index in [-0.39, 0.29) is 17.4 Å². The Bertz CT molecular complexity index is 676. The van der Waals surface area contributed by atoms with Gasteiger partial charge in [0.2, 0.25) is 5.91 Å². The van der Waals surface area contributed by atoms with Crippen LogP contribution in [-0.4, -0.2) is 28.2 Å². The fraction of sp³-hybridized carbons (Fsp3) is 0.312. The van der Waals surface area contributed by atoms with Crippen LogP contribution in [0.3, 0.4) is 0 Å². The maximum atomic E-state index is 12.1. The molecule has 128 valence electrons. The first kappa shape index (κ1) is 18.1. The highest BCUT2D eigenvalue weighted by Gasteiger charge is 2.07. The number of nitrogens with zero attached hydrogens (tertiary/aromatic N) is 2. The lowest BCUT2D eigenvalue weighted by molar-refractivity contribution is -0.118. The van der Waals surface area contributed by atoms with Crippen molar-refractivity contribution >= 4 is 17.7 Å². The molecule has 0 aliphatic rings. The number of thioether (sulfide) groups is 1. The summed E-state index contributed by atoms with van der Waals surface area (Å²) < 4.78 is 28.4. The zero-order valence-electron chi connectivity index (χ0n) is 13.3. The summed E-state index contributed by atoms with van der Waals surface area (Å²) in [5, 5.41) is 3.32. The lowest BCUT2D eigenvalue weighted by Gasteiger charge is -2.07. The van der Waals surface area contributed by atoms with Gasteiger partial charge in [0.1, 0.15) is 5.75 Å². The summed E-state index contributed by atoms with van der Waals surface area (Å²) in [6.45, 7) is 1.21. The standard InChI is InChI=1S/C16H17F2N3O2S/c1-10-7-11(2)21-16(20-10)24-9-14(22)19-8-12-3-5-13(6-4-12)23-15(17)18/h3-7,15H,8-9H2,1-2H3,(H,19,22). The normalized spacial score (nSPS) is 10.7. The van der Waals surface area contributed by atoms with Crippen molar-refractivity contribution in [2.75, 3.05) is 5.75 Å². The SMILES string of the molecule is Cc1cc(C)nc(SCC(=O)NCc2ccc(OC(F)F)cc2)n1. The number of rotatable bonds is 7. The lowest BCUT2D eigenvalue weighted by atomic mass is 10.2. The molecule has 0 saturated carbocycles. The monoisotopic (exact) mass is 353 g/mol. The molecule has 1 amide bonds. The highest BCUT2D eigenvalue weighted by molar-refractivity contribution is 7.99. The molecule has 2 aromatic rings. The molecule has 0 aliphatic carbocycles. The van der Waals surface area contributed by atoms with E-state index in [1.165, 1.54) is 23.9 Å². The first-order chi connectivity index (χ1) is 11.4. The number of hydrogen-bond acceptors (Lipinski definition) is 5. The van der Waals surface area contributed by atoms with E-state index >= 15 is 0 Å². The maximum Gasteiger partial charge on any atom is 0.387 e. The molecule has 0 saturated heterocycles. The van der Waals surface area contributed by atoms with Crippen molar-refractivity contribution < 1.29 is 18.3 Å². The van der Waals surface area contributed by atoms with Crippen molar-refractivity contribution in [3.8, 4) is 5.75 Å². The number of halogens is 2. The number of aromatic nitrogens is 2. The van der Waals surface area contributed by atoms with Gasteiger partial charge in [0.25, 0.3) is 0 Å². The smallest absolute Gasteiger partial charge is 0.387 e. The quantitative estimate of drug-likeness (QED) is 0.612. The van der Waals surface area contributed by atoms with Crippen LogP contribution in [0.5, 0.6) is 5.75 Å². The average molecular weight is 353 g/mol. The van der Waals surface area contributed by atoms with Gasteiger partial charge in [-0.3, -0.25) is 4.79 Å². The van der Waals surface area contributed by atoms with Crippen molar-refractivity contribution in [3.63, 3.8) is 0 Å². The zero-order valence-corrected chi connectivity index (χ0v) is 14.1. The van der Waals surface area contributed by atoms with Crippen LogP contribution in [-0.2, 0) is 11.3 Å². The fourth-order valence-electron chi connectivity index (χ4n) is 1.93. The van der Waals surface area contributed by atoms with Gasteiger partial charge < -0.3 is 10.1 Å². The molecule has 1 aromatic carbocycles. The van der Waals surface area contributed by atoms with Gasteiger partial charge in [0.05, 0.1) is 5.75 Å². The molecule has 24 heavy (non-hydrogen) atoms. The molecule has 0 atom stereocenters. The first-order valence-electron chi connectivity index (χ1n) is 7.18. The molecule has 0 radical (unpaired) electrons. The molecular weight excluding hydrogens is 336 g/mol. The van der Waals surface area contributed by atoms with E-state index in [0.29, 0.717) is 11.7 Å². The number of alkyl halides is 2. The molecule has 8 heteroatoms. The van der Waals surface area contributed by atoms with Crippen molar-refractivity contribution in [2.45, 2.75) is 32.2 Å². The number of carbonyl (C=O) groups excluding carboxylic acids is 1. The van der Waals surface area contributed by atoms with E-state index < -0.39 is 6.61 Å². The summed E-state index contributed by atoms with van der Waals surface area (Å²) in [6.07, 6.45) is 0. The Labute approximate surface area is 142 Å². The molecular formula is C16H17F2N3O2S. The summed E-state index contributed by atoms with van der Waals surface area (Å²) in [6, 6.07) is 7.99. The number of nitrogens with one attached hydrogen (secondary N) is 1. The highest BCUT2D eigenvalue weighted by atomic mass is 32.2. The predicted octanol–water partition coefficient (Wildman–Crippen LogP) is 3.10. The number of benzene rings is 1. The van der Waals surface area contributed by atoms with E-state index in [4.69, 9.17) is 0 Å². The fourth-order valence-corrected chi connectivity index (χ4v) is 2.71. The molecule has 2 rings (SSSR count). The molecule has 0 unspecified atom stereocenters. The van der Waals surface area contributed by atoms with Gasteiger partial charge >= 0.3 is 6.61 Å². The van der Waals surface area contributed by atoms with Gasteiger partial charge in [-0.25, -0.2) is 9.97 Å². The van der Waals surface area contributed by atoms with Gasteiger partial charge in [0, 0.05) is 17.9 Å². The van der Waals surface area contributed by atoms with Gasteiger partial charge in [0.15, 0.2) is 5.16 Å². The Morgan fingerprint density at radius 1 is 1.21 bits per heavy atom.